The van der Waals surface area contributed by atoms with Crippen LogP contribution in [0.25, 0.3) is 0 Å². The van der Waals surface area contributed by atoms with E-state index >= 15 is 0 Å². The van der Waals surface area contributed by atoms with Crippen molar-refractivity contribution in [1.29, 1.82) is 0 Å². The highest BCUT2D eigenvalue weighted by Gasteiger charge is 2.63. The number of carboxylic acids is 1. The quantitative estimate of drug-likeness (QED) is 0.398. The van der Waals surface area contributed by atoms with E-state index in [0.717, 1.165) is 0 Å². The first-order valence-electron chi connectivity index (χ1n) is 12.8. The lowest BCUT2D eigenvalue weighted by atomic mass is 9.79. The molecule has 1 aromatic heterocycles. The lowest BCUT2D eigenvalue weighted by molar-refractivity contribution is -0.151. The maximum absolute atomic E-state index is 15.0. The van der Waals surface area contributed by atoms with Crippen molar-refractivity contribution in [3.05, 3.63) is 70.9 Å². The molecule has 3 aromatic rings. The molecule has 2 aliphatic heterocycles. The maximum Gasteiger partial charge on any atom is 0.321 e. The minimum absolute atomic E-state index is 0.0513. The van der Waals surface area contributed by atoms with Gasteiger partial charge in [0.05, 0.1) is 27.0 Å². The predicted octanol–water partition coefficient (Wildman–Crippen LogP) is 3.63. The van der Waals surface area contributed by atoms with Crippen LogP contribution < -0.4 is 18.5 Å². The van der Waals surface area contributed by atoms with E-state index in [1.807, 2.05) is 0 Å². The number of benzene rings is 2. The second-order valence-electron chi connectivity index (χ2n) is 9.69. The number of anilines is 1. The average molecular weight is 620 g/mol. The zero-order valence-corrected chi connectivity index (χ0v) is 24.4. The summed E-state index contributed by atoms with van der Waals surface area (Å²) in [6, 6.07) is 9.71. The van der Waals surface area contributed by atoms with Gasteiger partial charge < -0.3 is 19.3 Å². The standard InChI is InChI=1S/C28H27ClFN3O8S/c1-39-18-7-9-24(23(15-18)40-2)42(37,38)33-21-8-6-16(29)13-20(21)28(27(33)36,19-5-4-11-31-25(19)41-3)32-12-10-17(30)14-22(32)26(34)35/h4-9,11,13,15,17,22H,10,12,14H2,1-3H3,(H,34,35)/t17-,22-,28?/m0/s1. The SMILES string of the molecule is COc1ccc(S(=O)(=O)N2C(=O)C(c3cccnc3OC)(N3CC[C@H](F)C[C@H]3C(=O)O)c3cc(Cl)ccc32)c(OC)c1. The fourth-order valence-corrected chi connectivity index (χ4v) is 7.52. The van der Waals surface area contributed by atoms with E-state index in [0.29, 0.717) is 10.1 Å². The first-order valence-corrected chi connectivity index (χ1v) is 14.6. The normalized spacial score (nSPS) is 22.5. The summed E-state index contributed by atoms with van der Waals surface area (Å²) >= 11 is 6.43. The van der Waals surface area contributed by atoms with Crippen LogP contribution in [0, 0.1) is 0 Å². The largest absolute Gasteiger partial charge is 0.497 e. The first kappa shape index (κ1) is 29.5. The first-order chi connectivity index (χ1) is 20.0. The monoisotopic (exact) mass is 619 g/mol. The van der Waals surface area contributed by atoms with Gasteiger partial charge in [0.2, 0.25) is 5.88 Å². The molecular weight excluding hydrogens is 593 g/mol. The molecule has 42 heavy (non-hydrogen) atoms. The van der Waals surface area contributed by atoms with Gasteiger partial charge in [-0.05, 0) is 48.9 Å². The number of rotatable bonds is 8. The fourth-order valence-electron chi connectivity index (χ4n) is 5.75. The third-order valence-electron chi connectivity index (χ3n) is 7.56. The van der Waals surface area contributed by atoms with Crippen LogP contribution in [0.1, 0.15) is 24.0 Å². The van der Waals surface area contributed by atoms with E-state index in [-0.39, 0.29) is 51.3 Å². The lowest BCUT2D eigenvalue weighted by Crippen LogP contribution is -2.62. The van der Waals surface area contributed by atoms with Crippen LogP contribution in [-0.2, 0) is 25.2 Å². The van der Waals surface area contributed by atoms with Gasteiger partial charge in [0.15, 0.2) is 5.54 Å². The minimum atomic E-state index is -4.72. The number of amides is 1. The number of alkyl halides is 1. The molecule has 1 amide bonds. The van der Waals surface area contributed by atoms with Gasteiger partial charge in [-0.25, -0.2) is 22.1 Å². The molecule has 14 heteroatoms. The molecular formula is C28H27ClFN3O8S. The average Bonchev–Trinajstić information content (AvgIpc) is 3.24. The van der Waals surface area contributed by atoms with Crippen molar-refractivity contribution in [2.45, 2.75) is 35.5 Å². The second-order valence-corrected chi connectivity index (χ2v) is 11.9. The molecule has 11 nitrogen and oxygen atoms in total. The molecule has 1 unspecified atom stereocenters. The van der Waals surface area contributed by atoms with Crippen molar-refractivity contribution in [1.82, 2.24) is 9.88 Å². The van der Waals surface area contributed by atoms with Gasteiger partial charge in [-0.2, -0.15) is 0 Å². The number of likely N-dealkylation sites (tertiary alicyclic amines) is 1. The topological polar surface area (TPSA) is 136 Å². The number of hydrogen-bond donors (Lipinski definition) is 1. The highest BCUT2D eigenvalue weighted by molar-refractivity contribution is 7.93. The number of pyridine rings is 1. The predicted molar refractivity (Wildman–Crippen MR) is 149 cm³/mol. The van der Waals surface area contributed by atoms with Gasteiger partial charge >= 0.3 is 5.97 Å². The van der Waals surface area contributed by atoms with Crippen LogP contribution in [0.3, 0.4) is 0 Å². The van der Waals surface area contributed by atoms with Crippen LogP contribution in [0.4, 0.5) is 10.1 Å². The van der Waals surface area contributed by atoms with Gasteiger partial charge in [-0.15, -0.1) is 0 Å². The zero-order valence-electron chi connectivity index (χ0n) is 22.8. The number of methoxy groups -OCH3 is 3. The third kappa shape index (κ3) is 4.43. The van der Waals surface area contributed by atoms with E-state index in [4.69, 9.17) is 25.8 Å². The summed E-state index contributed by atoms with van der Waals surface area (Å²) in [7, 11) is -0.721. The van der Waals surface area contributed by atoms with E-state index in [1.54, 1.807) is 0 Å². The van der Waals surface area contributed by atoms with E-state index in [2.05, 4.69) is 4.98 Å². The Kier molecular flexibility index (Phi) is 7.77. The maximum atomic E-state index is 15.0. The fraction of sp³-hybridized carbons (Fsp3) is 0.321. The Labute approximate surface area is 246 Å². The summed E-state index contributed by atoms with van der Waals surface area (Å²) < 4.78 is 60.1. The Bertz CT molecular complexity index is 1670. The number of piperidine rings is 1. The number of carbonyl (C=O) groups is 2. The summed E-state index contributed by atoms with van der Waals surface area (Å²) in [6.45, 7) is -0.201. The van der Waals surface area contributed by atoms with Crippen LogP contribution in [0.2, 0.25) is 5.02 Å². The van der Waals surface area contributed by atoms with Crippen LogP contribution >= 0.6 is 11.6 Å². The molecule has 0 aliphatic carbocycles. The molecule has 2 aromatic carbocycles. The smallest absolute Gasteiger partial charge is 0.321 e. The number of sulfonamides is 1. The zero-order chi connectivity index (χ0) is 30.4. The van der Waals surface area contributed by atoms with Crippen LogP contribution in [0.5, 0.6) is 17.4 Å². The molecule has 0 radical (unpaired) electrons. The van der Waals surface area contributed by atoms with Crippen molar-refractivity contribution in [2.75, 3.05) is 32.2 Å². The summed E-state index contributed by atoms with van der Waals surface area (Å²) in [5.74, 6) is -2.24. The number of ether oxygens (including phenoxy) is 3. The number of aromatic nitrogens is 1. The number of fused-ring (bicyclic) bond motifs is 1. The van der Waals surface area contributed by atoms with Crippen molar-refractivity contribution in [3.63, 3.8) is 0 Å². The molecule has 222 valence electrons. The highest BCUT2D eigenvalue weighted by Crippen LogP contribution is 2.54. The van der Waals surface area contributed by atoms with Gasteiger partial charge in [-0.1, -0.05) is 11.6 Å². The summed E-state index contributed by atoms with van der Waals surface area (Å²) in [4.78, 5) is 32.8. The molecule has 3 atom stereocenters. The van der Waals surface area contributed by atoms with Crippen LogP contribution in [-0.4, -0.2) is 75.4 Å². The number of nitrogens with zero attached hydrogens (tertiary/aromatic N) is 3. The minimum Gasteiger partial charge on any atom is -0.497 e. The molecule has 0 bridgehead atoms. The van der Waals surface area contributed by atoms with Crippen LogP contribution in [0.15, 0.2) is 59.6 Å². The number of carbonyl (C=O) groups excluding carboxylic acids is 1. The van der Waals surface area contributed by atoms with E-state index in [1.165, 1.54) is 81.0 Å². The highest BCUT2D eigenvalue weighted by atomic mass is 35.5. The number of carboxylic acid groups (broad SMARTS) is 1. The van der Waals surface area contributed by atoms with Gasteiger partial charge in [-0.3, -0.25) is 14.5 Å². The molecule has 3 heterocycles. The second kappa shape index (κ2) is 11.0. The van der Waals surface area contributed by atoms with Crippen molar-refractivity contribution in [3.8, 4) is 17.4 Å². The van der Waals surface area contributed by atoms with E-state index in [9.17, 15) is 27.5 Å². The molecule has 0 saturated carbocycles. The van der Waals surface area contributed by atoms with E-state index < -0.39 is 46.1 Å². The Morgan fingerprint density at radius 1 is 1.10 bits per heavy atom. The Morgan fingerprint density at radius 2 is 1.86 bits per heavy atom. The summed E-state index contributed by atoms with van der Waals surface area (Å²) in [5, 5.41) is 10.4. The van der Waals surface area contributed by atoms with Gasteiger partial charge in [0.25, 0.3) is 15.9 Å². The lowest BCUT2D eigenvalue weighted by Gasteiger charge is -2.46. The molecule has 5 rings (SSSR count). The summed E-state index contributed by atoms with van der Waals surface area (Å²) in [5.41, 5.74) is -2.05. The molecule has 0 spiro atoms. The summed E-state index contributed by atoms with van der Waals surface area (Å²) in [6.07, 6.45) is -0.569. The Balaban J connectivity index is 1.86. The number of hydrogen-bond acceptors (Lipinski definition) is 9. The van der Waals surface area contributed by atoms with Gasteiger partial charge in [0.1, 0.15) is 28.6 Å². The number of halogens is 2. The van der Waals surface area contributed by atoms with Crippen molar-refractivity contribution in [2.24, 2.45) is 0 Å². The van der Waals surface area contributed by atoms with Crippen molar-refractivity contribution < 1.29 is 41.7 Å². The molecule has 2 aliphatic rings. The molecule has 1 saturated heterocycles. The van der Waals surface area contributed by atoms with Crippen molar-refractivity contribution >= 4 is 39.2 Å². The Hall–Kier alpha value is -3.94. The third-order valence-corrected chi connectivity index (χ3v) is 9.53. The molecule has 1 fully saturated rings. The Morgan fingerprint density at radius 3 is 2.52 bits per heavy atom. The van der Waals surface area contributed by atoms with Gasteiger partial charge in [0, 0.05) is 41.4 Å². The number of aliphatic carboxylic acids is 1. The molecule has 1 N–H and O–H groups in total.